The maximum Gasteiger partial charge on any atom is 0.267 e. The molecule has 1 amide bonds. The Labute approximate surface area is 158 Å². The minimum absolute atomic E-state index is 0.0627. The third-order valence-electron chi connectivity index (χ3n) is 3.42. The first kappa shape index (κ1) is 19.8. The van der Waals surface area contributed by atoms with E-state index in [1.165, 1.54) is 0 Å². The van der Waals surface area contributed by atoms with Crippen LogP contribution in [-0.4, -0.2) is 30.6 Å². The van der Waals surface area contributed by atoms with Crippen LogP contribution in [0.15, 0.2) is 58.6 Å². The predicted molar refractivity (Wildman–Crippen MR) is 107 cm³/mol. The van der Waals surface area contributed by atoms with Gasteiger partial charge in [0.1, 0.15) is 5.75 Å². The highest BCUT2D eigenvalue weighted by molar-refractivity contribution is 7.98. The van der Waals surface area contributed by atoms with Gasteiger partial charge in [-0.3, -0.25) is 4.79 Å². The maximum atomic E-state index is 12.2. The van der Waals surface area contributed by atoms with Crippen LogP contribution < -0.4 is 10.1 Å². The Bertz CT molecular complexity index is 745. The number of nitrogens with one attached hydrogen (secondary N) is 1. The number of nitrogens with zero attached hydrogens (tertiary/aromatic N) is 1. The smallest absolute Gasteiger partial charge is 0.267 e. The second-order valence-electron chi connectivity index (χ2n) is 5.90. The highest BCUT2D eigenvalue weighted by Gasteiger charge is 2.14. The summed E-state index contributed by atoms with van der Waals surface area (Å²) in [4.78, 5) is 18.6. The Hall–Kier alpha value is -2.47. The summed E-state index contributed by atoms with van der Waals surface area (Å²) in [6, 6.07) is 15.2. The lowest BCUT2D eigenvalue weighted by Gasteiger charge is -2.12. The van der Waals surface area contributed by atoms with Gasteiger partial charge in [0.25, 0.3) is 5.91 Å². The van der Waals surface area contributed by atoms with Crippen LogP contribution in [0.25, 0.3) is 0 Å². The summed E-state index contributed by atoms with van der Waals surface area (Å²) in [7, 11) is 0. The van der Waals surface area contributed by atoms with E-state index in [2.05, 4.69) is 10.5 Å². The van der Waals surface area contributed by atoms with Crippen molar-refractivity contribution in [2.24, 2.45) is 5.16 Å². The fourth-order valence-corrected chi connectivity index (χ4v) is 2.50. The number of rotatable bonds is 8. The molecule has 0 saturated heterocycles. The molecule has 1 atom stereocenters. The highest BCUT2D eigenvalue weighted by Crippen LogP contribution is 2.18. The SMILES string of the molecule is CSc1ccc(NC(=O)C(C)O/N=C/c2ccccc2OC(C)C)cc1. The first-order valence-electron chi connectivity index (χ1n) is 8.39. The van der Waals surface area contributed by atoms with Gasteiger partial charge in [-0.1, -0.05) is 17.3 Å². The zero-order valence-corrected chi connectivity index (χ0v) is 16.2. The first-order chi connectivity index (χ1) is 12.5. The van der Waals surface area contributed by atoms with Gasteiger partial charge in [-0.25, -0.2) is 0 Å². The molecule has 138 valence electrons. The summed E-state index contributed by atoms with van der Waals surface area (Å²) in [6.45, 7) is 5.57. The van der Waals surface area contributed by atoms with Gasteiger partial charge >= 0.3 is 0 Å². The molecule has 0 aliphatic rings. The molecule has 1 unspecified atom stereocenters. The molecule has 5 nitrogen and oxygen atoms in total. The minimum atomic E-state index is -0.718. The van der Waals surface area contributed by atoms with Crippen molar-refractivity contribution in [1.82, 2.24) is 0 Å². The molecule has 26 heavy (non-hydrogen) atoms. The largest absolute Gasteiger partial charge is 0.490 e. The lowest BCUT2D eigenvalue weighted by Crippen LogP contribution is -2.26. The summed E-state index contributed by atoms with van der Waals surface area (Å²) in [6.07, 6.45) is 2.90. The van der Waals surface area contributed by atoms with Crippen LogP contribution in [0.4, 0.5) is 5.69 Å². The summed E-state index contributed by atoms with van der Waals surface area (Å²) >= 11 is 1.65. The van der Waals surface area contributed by atoms with Crippen LogP contribution >= 0.6 is 11.8 Å². The van der Waals surface area contributed by atoms with Crippen molar-refractivity contribution in [2.75, 3.05) is 11.6 Å². The number of hydrogen-bond donors (Lipinski definition) is 1. The number of ether oxygens (including phenoxy) is 1. The molecule has 0 aliphatic heterocycles. The number of hydrogen-bond acceptors (Lipinski definition) is 5. The minimum Gasteiger partial charge on any atom is -0.490 e. The number of carbonyl (C=O) groups excluding carboxylic acids is 1. The average molecular weight is 372 g/mol. The molecular formula is C20H24N2O3S. The van der Waals surface area contributed by atoms with E-state index >= 15 is 0 Å². The molecule has 0 saturated carbocycles. The molecule has 2 aromatic rings. The number of amides is 1. The van der Waals surface area contributed by atoms with Crippen molar-refractivity contribution in [2.45, 2.75) is 37.9 Å². The number of carbonyl (C=O) groups is 1. The van der Waals surface area contributed by atoms with Crippen molar-refractivity contribution in [1.29, 1.82) is 0 Å². The monoisotopic (exact) mass is 372 g/mol. The molecule has 1 N–H and O–H groups in total. The number of thioether (sulfide) groups is 1. The lowest BCUT2D eigenvalue weighted by atomic mass is 10.2. The molecule has 0 aliphatic carbocycles. The second kappa shape index (κ2) is 9.87. The van der Waals surface area contributed by atoms with Gasteiger partial charge in [0, 0.05) is 16.1 Å². The standard InChI is InChI=1S/C20H24N2O3S/c1-14(2)24-19-8-6-5-7-16(19)13-21-25-15(3)20(23)22-17-9-11-18(26-4)12-10-17/h5-15H,1-4H3,(H,22,23)/b21-13+. The molecular weight excluding hydrogens is 348 g/mol. The second-order valence-corrected chi connectivity index (χ2v) is 6.78. The Morgan fingerprint density at radius 1 is 1.12 bits per heavy atom. The quantitative estimate of drug-likeness (QED) is 0.419. The van der Waals surface area contributed by atoms with E-state index in [9.17, 15) is 4.79 Å². The molecule has 0 aromatic heterocycles. The molecule has 2 aromatic carbocycles. The van der Waals surface area contributed by atoms with Crippen molar-refractivity contribution >= 4 is 29.6 Å². The van der Waals surface area contributed by atoms with Crippen LogP contribution in [-0.2, 0) is 9.63 Å². The van der Waals surface area contributed by atoms with Crippen LogP contribution in [0.5, 0.6) is 5.75 Å². The molecule has 2 rings (SSSR count). The summed E-state index contributed by atoms with van der Waals surface area (Å²) in [5.41, 5.74) is 1.52. The molecule has 6 heteroatoms. The van der Waals surface area contributed by atoms with Gasteiger partial charge in [0.2, 0.25) is 6.10 Å². The van der Waals surface area contributed by atoms with E-state index < -0.39 is 6.10 Å². The Morgan fingerprint density at radius 3 is 2.46 bits per heavy atom. The average Bonchev–Trinajstić information content (AvgIpc) is 2.63. The van der Waals surface area contributed by atoms with E-state index in [4.69, 9.17) is 9.57 Å². The fraction of sp³-hybridized carbons (Fsp3) is 0.300. The number of benzene rings is 2. The predicted octanol–water partition coefficient (Wildman–Crippen LogP) is 4.57. The lowest BCUT2D eigenvalue weighted by molar-refractivity contribution is -0.126. The van der Waals surface area contributed by atoms with E-state index in [-0.39, 0.29) is 12.0 Å². The molecule has 0 fully saturated rings. The number of oxime groups is 1. The zero-order chi connectivity index (χ0) is 18.9. The van der Waals surface area contributed by atoms with E-state index in [1.54, 1.807) is 24.9 Å². The van der Waals surface area contributed by atoms with Crippen LogP contribution in [0.2, 0.25) is 0 Å². The van der Waals surface area contributed by atoms with E-state index in [0.29, 0.717) is 0 Å². The third kappa shape index (κ3) is 6.11. The summed E-state index contributed by atoms with van der Waals surface area (Å²) < 4.78 is 5.72. The topological polar surface area (TPSA) is 59.9 Å². The van der Waals surface area contributed by atoms with Gasteiger partial charge in [-0.2, -0.15) is 0 Å². The molecule has 0 heterocycles. The first-order valence-corrected chi connectivity index (χ1v) is 9.62. The van der Waals surface area contributed by atoms with Crippen LogP contribution in [0.1, 0.15) is 26.3 Å². The Balaban J connectivity index is 1.91. The molecule has 0 radical (unpaired) electrons. The van der Waals surface area contributed by atoms with Crippen molar-refractivity contribution in [3.05, 3.63) is 54.1 Å². The summed E-state index contributed by atoms with van der Waals surface area (Å²) in [5, 5.41) is 6.74. The van der Waals surface area contributed by atoms with Crippen molar-refractivity contribution < 1.29 is 14.4 Å². The van der Waals surface area contributed by atoms with Crippen molar-refractivity contribution in [3.63, 3.8) is 0 Å². The fourth-order valence-electron chi connectivity index (χ4n) is 2.09. The van der Waals surface area contributed by atoms with E-state index in [0.717, 1.165) is 21.9 Å². The zero-order valence-electron chi connectivity index (χ0n) is 15.4. The normalized spacial score (nSPS) is 12.2. The van der Waals surface area contributed by atoms with E-state index in [1.807, 2.05) is 68.6 Å². The highest BCUT2D eigenvalue weighted by atomic mass is 32.2. The molecule has 0 bridgehead atoms. The van der Waals surface area contributed by atoms with Gasteiger partial charge in [-0.15, -0.1) is 11.8 Å². The van der Waals surface area contributed by atoms with Gasteiger partial charge in [-0.05, 0) is 63.4 Å². The van der Waals surface area contributed by atoms with Crippen LogP contribution in [0.3, 0.4) is 0 Å². The number of anilines is 1. The number of para-hydroxylation sites is 1. The Morgan fingerprint density at radius 2 is 1.81 bits per heavy atom. The summed E-state index contributed by atoms with van der Waals surface area (Å²) in [5.74, 6) is 0.464. The molecule has 0 spiro atoms. The third-order valence-corrected chi connectivity index (χ3v) is 4.16. The van der Waals surface area contributed by atoms with Crippen molar-refractivity contribution in [3.8, 4) is 5.75 Å². The van der Waals surface area contributed by atoms with Gasteiger partial charge in [0.05, 0.1) is 12.3 Å². The van der Waals surface area contributed by atoms with Gasteiger partial charge < -0.3 is 14.9 Å². The maximum absolute atomic E-state index is 12.2. The van der Waals surface area contributed by atoms with Gasteiger partial charge in [0.15, 0.2) is 0 Å². The van der Waals surface area contributed by atoms with Crippen LogP contribution in [0, 0.1) is 0 Å². The Kier molecular flexibility index (Phi) is 7.53.